The predicted octanol–water partition coefficient (Wildman–Crippen LogP) is 1.58. The number of halogens is 3. The molecule has 5 heteroatoms. The van der Waals surface area contributed by atoms with Crippen LogP contribution in [0, 0.1) is 0 Å². The van der Waals surface area contributed by atoms with Gasteiger partial charge in [0.25, 0.3) is 0 Å². The SMILES string of the molecule is CN1CC=CCB1C(F)(F)F. The highest BCUT2D eigenvalue weighted by Crippen LogP contribution is 2.25. The molecule has 1 nitrogen and oxygen atoms in total. The summed E-state index contributed by atoms with van der Waals surface area (Å²) in [4.78, 5) is 1.31. The van der Waals surface area contributed by atoms with E-state index in [0.717, 1.165) is 0 Å². The molecule has 62 valence electrons. The topological polar surface area (TPSA) is 3.24 Å². The van der Waals surface area contributed by atoms with Crippen molar-refractivity contribution in [2.75, 3.05) is 13.6 Å². The van der Waals surface area contributed by atoms with Gasteiger partial charge in [0.2, 0.25) is 0 Å². The molecule has 0 aromatic heterocycles. The van der Waals surface area contributed by atoms with Crippen LogP contribution in [0.4, 0.5) is 13.2 Å². The Balaban J connectivity index is 2.64. The Morgan fingerprint density at radius 3 is 2.36 bits per heavy atom. The van der Waals surface area contributed by atoms with Crippen molar-refractivity contribution >= 4 is 6.85 Å². The van der Waals surface area contributed by atoms with Crippen molar-refractivity contribution in [3.8, 4) is 0 Å². The third-order valence-corrected chi connectivity index (χ3v) is 1.83. The normalized spacial score (nSPS) is 20.9. The minimum absolute atomic E-state index is 0.0833. The summed E-state index contributed by atoms with van der Waals surface area (Å²) >= 11 is 0. The number of hydrogen-bond donors (Lipinski definition) is 0. The van der Waals surface area contributed by atoms with Gasteiger partial charge in [-0.15, -0.1) is 0 Å². The lowest BCUT2D eigenvalue weighted by Gasteiger charge is -2.27. The van der Waals surface area contributed by atoms with Crippen LogP contribution >= 0.6 is 0 Å². The second kappa shape index (κ2) is 2.89. The minimum Gasteiger partial charge on any atom is -0.334 e. The molecular weight excluding hydrogens is 154 g/mol. The number of alkyl halides is 3. The lowest BCUT2D eigenvalue weighted by Crippen LogP contribution is -2.49. The lowest BCUT2D eigenvalue weighted by atomic mass is 9.55. The van der Waals surface area contributed by atoms with E-state index in [4.69, 9.17) is 0 Å². The van der Waals surface area contributed by atoms with Crippen LogP contribution in [-0.4, -0.2) is 31.3 Å². The Morgan fingerprint density at radius 2 is 2.00 bits per heavy atom. The summed E-state index contributed by atoms with van der Waals surface area (Å²) in [6.45, 7) is -0.892. The first-order valence-corrected chi connectivity index (χ1v) is 3.44. The first-order chi connectivity index (χ1) is 5.02. The highest BCUT2D eigenvalue weighted by atomic mass is 19.4. The molecule has 1 aliphatic heterocycles. The molecule has 0 bridgehead atoms. The van der Waals surface area contributed by atoms with E-state index < -0.39 is 12.9 Å². The molecule has 1 heterocycles. The van der Waals surface area contributed by atoms with Crippen molar-refractivity contribution in [1.29, 1.82) is 0 Å². The average Bonchev–Trinajstić information content (AvgIpc) is 1.86. The summed E-state index contributed by atoms with van der Waals surface area (Å²) in [5.74, 6) is 0. The molecule has 0 atom stereocenters. The first kappa shape index (κ1) is 8.65. The fourth-order valence-electron chi connectivity index (χ4n) is 1.16. The third kappa shape index (κ3) is 1.99. The first-order valence-electron chi connectivity index (χ1n) is 3.44. The summed E-state index contributed by atoms with van der Waals surface area (Å²) in [6.07, 6.45) is -0.667. The maximum absolute atomic E-state index is 12.1. The fourth-order valence-corrected chi connectivity index (χ4v) is 1.16. The van der Waals surface area contributed by atoms with Crippen molar-refractivity contribution in [2.24, 2.45) is 0 Å². The van der Waals surface area contributed by atoms with Gasteiger partial charge in [-0.1, -0.05) is 12.2 Å². The zero-order valence-corrected chi connectivity index (χ0v) is 6.23. The van der Waals surface area contributed by atoms with E-state index in [1.54, 1.807) is 12.2 Å². The van der Waals surface area contributed by atoms with E-state index >= 15 is 0 Å². The fraction of sp³-hybridized carbons (Fsp3) is 0.667. The highest BCUT2D eigenvalue weighted by Gasteiger charge is 2.46. The van der Waals surface area contributed by atoms with Crippen LogP contribution in [-0.2, 0) is 0 Å². The van der Waals surface area contributed by atoms with E-state index in [9.17, 15) is 13.2 Å². The molecule has 0 saturated carbocycles. The number of hydrogen-bond acceptors (Lipinski definition) is 1. The Hall–Kier alpha value is -0.445. The van der Waals surface area contributed by atoms with E-state index in [1.165, 1.54) is 11.9 Å². The average molecular weight is 163 g/mol. The minimum atomic E-state index is -4.08. The smallest absolute Gasteiger partial charge is 0.334 e. The second-order valence-corrected chi connectivity index (χ2v) is 2.70. The van der Waals surface area contributed by atoms with Crippen LogP contribution in [0.1, 0.15) is 0 Å². The van der Waals surface area contributed by atoms with Crippen molar-refractivity contribution in [1.82, 2.24) is 4.81 Å². The molecule has 1 rings (SSSR count). The van der Waals surface area contributed by atoms with Gasteiger partial charge in [-0.3, -0.25) is 0 Å². The Labute approximate surface area is 64.0 Å². The van der Waals surface area contributed by atoms with E-state index in [2.05, 4.69) is 0 Å². The maximum atomic E-state index is 12.1. The van der Waals surface area contributed by atoms with Gasteiger partial charge in [-0.2, -0.15) is 13.2 Å². The van der Waals surface area contributed by atoms with E-state index in [0.29, 0.717) is 6.54 Å². The summed E-state index contributed by atoms with van der Waals surface area (Å²) < 4.78 is 36.3. The van der Waals surface area contributed by atoms with Gasteiger partial charge in [0, 0.05) is 6.54 Å². The molecule has 1 aliphatic rings. The van der Waals surface area contributed by atoms with Gasteiger partial charge in [0.05, 0.1) is 0 Å². The Kier molecular flexibility index (Phi) is 2.27. The predicted molar refractivity (Wildman–Crippen MR) is 38.4 cm³/mol. The van der Waals surface area contributed by atoms with Crippen LogP contribution in [0.25, 0.3) is 0 Å². The standard InChI is InChI=1S/C6H9BF3N/c1-11-5-3-2-4-7(11)6(8,9)10/h2-3H,4-5H2,1H3. The van der Waals surface area contributed by atoms with Crippen molar-refractivity contribution in [2.45, 2.75) is 12.4 Å². The third-order valence-electron chi connectivity index (χ3n) is 1.83. The van der Waals surface area contributed by atoms with Crippen molar-refractivity contribution < 1.29 is 13.2 Å². The number of likely N-dealkylation sites (N-methyl/N-ethyl adjacent to an activating group) is 1. The molecule has 0 aliphatic carbocycles. The van der Waals surface area contributed by atoms with Gasteiger partial charge >= 0.3 is 12.9 Å². The summed E-state index contributed by atoms with van der Waals surface area (Å²) in [7, 11) is 1.49. The maximum Gasteiger partial charge on any atom is 0.363 e. The summed E-state index contributed by atoms with van der Waals surface area (Å²) in [5.41, 5.74) is 0. The monoisotopic (exact) mass is 163 g/mol. The number of allylic oxidation sites excluding steroid dienone is 1. The van der Waals surface area contributed by atoms with Crippen LogP contribution < -0.4 is 0 Å². The van der Waals surface area contributed by atoms with Crippen molar-refractivity contribution in [3.05, 3.63) is 12.2 Å². The van der Waals surface area contributed by atoms with Gasteiger partial charge in [0.15, 0.2) is 0 Å². The molecule has 0 amide bonds. The Bertz CT molecular complexity index is 166. The van der Waals surface area contributed by atoms with Crippen LogP contribution in [0.3, 0.4) is 0 Å². The van der Waals surface area contributed by atoms with E-state index in [1.807, 2.05) is 0 Å². The zero-order chi connectivity index (χ0) is 8.48. The lowest BCUT2D eigenvalue weighted by molar-refractivity contribution is -0.0581. The van der Waals surface area contributed by atoms with Crippen LogP contribution in [0.15, 0.2) is 12.2 Å². The second-order valence-electron chi connectivity index (χ2n) is 2.70. The van der Waals surface area contributed by atoms with Crippen molar-refractivity contribution in [3.63, 3.8) is 0 Å². The molecule has 0 fully saturated rings. The van der Waals surface area contributed by atoms with Gasteiger partial charge in [-0.25, -0.2) is 0 Å². The number of nitrogens with zero attached hydrogens (tertiary/aromatic N) is 1. The molecule has 0 aromatic carbocycles. The zero-order valence-electron chi connectivity index (χ0n) is 6.23. The van der Waals surface area contributed by atoms with Crippen LogP contribution in [0.2, 0.25) is 6.32 Å². The summed E-state index contributed by atoms with van der Waals surface area (Å²) in [5, 5.41) is 0. The quantitative estimate of drug-likeness (QED) is 0.387. The molecule has 0 aromatic rings. The highest BCUT2D eigenvalue weighted by molar-refractivity contribution is 6.58. The Morgan fingerprint density at radius 1 is 1.36 bits per heavy atom. The largest absolute Gasteiger partial charge is 0.363 e. The molecule has 0 unspecified atom stereocenters. The molecule has 0 saturated heterocycles. The molecule has 0 N–H and O–H groups in total. The van der Waals surface area contributed by atoms with Gasteiger partial charge in [-0.05, 0) is 13.4 Å². The number of rotatable bonds is 0. The summed E-state index contributed by atoms with van der Waals surface area (Å²) in [6, 6.07) is 0. The van der Waals surface area contributed by atoms with Crippen LogP contribution in [0.5, 0.6) is 0 Å². The molecular formula is C6H9BF3N. The molecule has 11 heavy (non-hydrogen) atoms. The van der Waals surface area contributed by atoms with Gasteiger partial charge in [0.1, 0.15) is 0 Å². The van der Waals surface area contributed by atoms with E-state index in [-0.39, 0.29) is 6.32 Å². The molecule has 0 radical (unpaired) electrons. The van der Waals surface area contributed by atoms with Gasteiger partial charge < -0.3 is 4.81 Å². The molecule has 0 spiro atoms.